The third kappa shape index (κ3) is 5.07. The van der Waals surface area contributed by atoms with E-state index in [1.54, 1.807) is 18.4 Å². The highest BCUT2D eigenvalue weighted by Gasteiger charge is 2.26. The minimum atomic E-state index is -0.195. The highest BCUT2D eigenvalue weighted by atomic mass is 32.1. The molecule has 162 valence electrons. The molecule has 2 N–H and O–H groups in total. The number of anilines is 2. The number of allylic oxidation sites excluding steroid dienone is 3. The number of methoxy groups -OCH3 is 1. The van der Waals surface area contributed by atoms with Crippen molar-refractivity contribution in [1.29, 1.82) is 0 Å². The molecule has 0 saturated carbocycles. The number of para-hydroxylation sites is 2. The van der Waals surface area contributed by atoms with Crippen LogP contribution in [0.15, 0.2) is 48.1 Å². The Labute approximate surface area is 187 Å². The summed E-state index contributed by atoms with van der Waals surface area (Å²) in [6.45, 7) is 0. The summed E-state index contributed by atoms with van der Waals surface area (Å²) in [4.78, 5) is 27.4. The van der Waals surface area contributed by atoms with E-state index >= 15 is 0 Å². The number of rotatable bonds is 6. The molecule has 0 saturated heterocycles. The van der Waals surface area contributed by atoms with Crippen molar-refractivity contribution in [2.75, 3.05) is 17.7 Å². The van der Waals surface area contributed by atoms with E-state index in [1.807, 2.05) is 36.4 Å². The predicted molar refractivity (Wildman–Crippen MR) is 126 cm³/mol. The van der Waals surface area contributed by atoms with Gasteiger partial charge in [0.05, 0.1) is 18.4 Å². The molecule has 1 heterocycles. The van der Waals surface area contributed by atoms with Gasteiger partial charge in [0.15, 0.2) is 0 Å². The number of amides is 2. The Hall–Kier alpha value is -2.86. The molecule has 2 aliphatic carbocycles. The van der Waals surface area contributed by atoms with Crippen LogP contribution in [0.4, 0.5) is 10.7 Å². The van der Waals surface area contributed by atoms with Crippen molar-refractivity contribution in [3.05, 3.63) is 64.1 Å². The second-order valence-corrected chi connectivity index (χ2v) is 9.04. The van der Waals surface area contributed by atoms with Crippen molar-refractivity contribution in [3.63, 3.8) is 0 Å². The van der Waals surface area contributed by atoms with Crippen LogP contribution in [-0.2, 0) is 17.6 Å². The maximum atomic E-state index is 13.4. The van der Waals surface area contributed by atoms with Crippen LogP contribution in [0.5, 0.6) is 5.75 Å². The van der Waals surface area contributed by atoms with Crippen LogP contribution in [0.25, 0.3) is 0 Å². The summed E-state index contributed by atoms with van der Waals surface area (Å²) in [5, 5.41) is 6.72. The molecule has 5 nitrogen and oxygen atoms in total. The standard InChI is InChI=1S/C25H28N2O3S/c1-30-20-14-9-8-13-19(20)26-24(29)23-18-12-6-3-7-15-21(18)31-25(23)27-22(28)16-17-10-4-2-5-11-17/h2,4,8-10,13-14H,3,5-7,11-12,15-16H2,1H3,(H,26,29)(H,27,28). The third-order valence-electron chi connectivity index (χ3n) is 5.74. The van der Waals surface area contributed by atoms with Gasteiger partial charge in [-0.1, -0.05) is 42.4 Å². The maximum Gasteiger partial charge on any atom is 0.259 e. The predicted octanol–water partition coefficient (Wildman–Crippen LogP) is 5.88. The van der Waals surface area contributed by atoms with Gasteiger partial charge in [-0.05, 0) is 56.2 Å². The van der Waals surface area contributed by atoms with Gasteiger partial charge in [-0.3, -0.25) is 9.59 Å². The van der Waals surface area contributed by atoms with Crippen molar-refractivity contribution in [2.24, 2.45) is 0 Å². The summed E-state index contributed by atoms with van der Waals surface area (Å²) in [6.07, 6.45) is 13.5. The van der Waals surface area contributed by atoms with E-state index in [2.05, 4.69) is 16.7 Å². The Morgan fingerprint density at radius 1 is 1.06 bits per heavy atom. The number of carbonyl (C=O) groups excluding carboxylic acids is 2. The van der Waals surface area contributed by atoms with Gasteiger partial charge < -0.3 is 15.4 Å². The number of carbonyl (C=O) groups is 2. The summed E-state index contributed by atoms with van der Waals surface area (Å²) >= 11 is 1.56. The first-order valence-corrected chi connectivity index (χ1v) is 11.7. The van der Waals surface area contributed by atoms with E-state index in [9.17, 15) is 9.59 Å². The van der Waals surface area contributed by atoms with Gasteiger partial charge in [-0.15, -0.1) is 11.3 Å². The van der Waals surface area contributed by atoms with E-state index in [-0.39, 0.29) is 11.8 Å². The van der Waals surface area contributed by atoms with Crippen LogP contribution in [-0.4, -0.2) is 18.9 Å². The lowest BCUT2D eigenvalue weighted by Gasteiger charge is -2.13. The number of hydrogen-bond donors (Lipinski definition) is 2. The fraction of sp³-hybridized carbons (Fsp3) is 0.360. The van der Waals surface area contributed by atoms with E-state index in [0.717, 1.165) is 49.7 Å². The number of thiophene rings is 1. The molecule has 0 unspecified atom stereocenters. The van der Waals surface area contributed by atoms with E-state index < -0.39 is 0 Å². The molecule has 0 spiro atoms. The second kappa shape index (κ2) is 9.96. The van der Waals surface area contributed by atoms with Gasteiger partial charge in [-0.2, -0.15) is 0 Å². The lowest BCUT2D eigenvalue weighted by Crippen LogP contribution is -2.18. The molecular weight excluding hydrogens is 408 g/mol. The molecule has 31 heavy (non-hydrogen) atoms. The Balaban J connectivity index is 1.61. The zero-order chi connectivity index (χ0) is 21.6. The number of hydrogen-bond acceptors (Lipinski definition) is 4. The fourth-order valence-electron chi connectivity index (χ4n) is 4.18. The van der Waals surface area contributed by atoms with E-state index in [4.69, 9.17) is 4.74 Å². The number of ether oxygens (including phenoxy) is 1. The lowest BCUT2D eigenvalue weighted by atomic mass is 10.0. The average Bonchev–Trinajstić information content (AvgIpc) is 2.95. The monoisotopic (exact) mass is 436 g/mol. The number of benzene rings is 1. The van der Waals surface area contributed by atoms with Crippen LogP contribution in [0.1, 0.15) is 59.3 Å². The average molecular weight is 437 g/mol. The Kier molecular flexibility index (Phi) is 6.87. The smallest absolute Gasteiger partial charge is 0.259 e. The summed E-state index contributed by atoms with van der Waals surface area (Å²) in [7, 11) is 1.59. The summed E-state index contributed by atoms with van der Waals surface area (Å²) in [5.74, 6) is 0.350. The molecule has 0 atom stereocenters. The SMILES string of the molecule is COc1ccccc1NC(=O)c1c(NC(=O)CC2=CC=CCC2)sc2c1CCCCC2. The Morgan fingerprint density at radius 2 is 1.90 bits per heavy atom. The molecule has 0 aliphatic heterocycles. The molecule has 2 aliphatic rings. The largest absolute Gasteiger partial charge is 0.495 e. The second-order valence-electron chi connectivity index (χ2n) is 7.94. The van der Waals surface area contributed by atoms with Crippen LogP contribution < -0.4 is 15.4 Å². The Morgan fingerprint density at radius 3 is 2.71 bits per heavy atom. The van der Waals surface area contributed by atoms with E-state index in [0.29, 0.717) is 28.4 Å². The van der Waals surface area contributed by atoms with Crippen LogP contribution in [0, 0.1) is 0 Å². The number of aryl methyl sites for hydroxylation is 1. The van der Waals surface area contributed by atoms with Crippen LogP contribution in [0.3, 0.4) is 0 Å². The van der Waals surface area contributed by atoms with Crippen molar-refractivity contribution in [2.45, 2.75) is 51.4 Å². The van der Waals surface area contributed by atoms with Gasteiger partial charge in [-0.25, -0.2) is 0 Å². The zero-order valence-corrected chi connectivity index (χ0v) is 18.6. The third-order valence-corrected chi connectivity index (χ3v) is 6.95. The molecule has 0 radical (unpaired) electrons. The minimum absolute atomic E-state index is 0.0655. The maximum absolute atomic E-state index is 13.4. The Bertz CT molecular complexity index is 1040. The minimum Gasteiger partial charge on any atom is -0.495 e. The summed E-state index contributed by atoms with van der Waals surface area (Å²) in [5.41, 5.74) is 3.45. The van der Waals surface area contributed by atoms with Gasteiger partial charge >= 0.3 is 0 Å². The molecule has 1 aromatic carbocycles. The quantitative estimate of drug-likeness (QED) is 0.556. The fourth-order valence-corrected chi connectivity index (χ4v) is 5.48. The van der Waals surface area contributed by atoms with Crippen molar-refractivity contribution >= 4 is 33.8 Å². The molecule has 4 rings (SSSR count). The van der Waals surface area contributed by atoms with Crippen molar-refractivity contribution in [3.8, 4) is 5.75 Å². The normalized spacial score (nSPS) is 15.5. The van der Waals surface area contributed by atoms with Gasteiger partial charge in [0.1, 0.15) is 10.8 Å². The molecular formula is C25H28N2O3S. The zero-order valence-electron chi connectivity index (χ0n) is 17.8. The lowest BCUT2D eigenvalue weighted by molar-refractivity contribution is -0.115. The molecule has 2 amide bonds. The highest BCUT2D eigenvalue weighted by molar-refractivity contribution is 7.17. The number of nitrogens with one attached hydrogen (secondary N) is 2. The summed E-state index contributed by atoms with van der Waals surface area (Å²) < 4.78 is 5.38. The van der Waals surface area contributed by atoms with Crippen LogP contribution in [0.2, 0.25) is 0 Å². The molecule has 0 bridgehead atoms. The molecule has 0 fully saturated rings. The molecule has 2 aromatic rings. The number of fused-ring (bicyclic) bond motifs is 1. The summed E-state index contributed by atoms with van der Waals surface area (Å²) in [6, 6.07) is 7.37. The van der Waals surface area contributed by atoms with E-state index in [1.165, 1.54) is 11.3 Å². The molecule has 6 heteroatoms. The van der Waals surface area contributed by atoms with Gasteiger partial charge in [0, 0.05) is 11.3 Å². The first-order chi connectivity index (χ1) is 15.2. The molecule has 1 aromatic heterocycles. The van der Waals surface area contributed by atoms with Gasteiger partial charge in [0.25, 0.3) is 5.91 Å². The first-order valence-electron chi connectivity index (χ1n) is 10.9. The first kappa shape index (κ1) is 21.4. The highest BCUT2D eigenvalue weighted by Crippen LogP contribution is 2.38. The van der Waals surface area contributed by atoms with Crippen molar-refractivity contribution < 1.29 is 14.3 Å². The van der Waals surface area contributed by atoms with Gasteiger partial charge in [0.2, 0.25) is 5.91 Å². The van der Waals surface area contributed by atoms with Crippen molar-refractivity contribution in [1.82, 2.24) is 0 Å². The topological polar surface area (TPSA) is 67.4 Å². The van der Waals surface area contributed by atoms with Crippen LogP contribution >= 0.6 is 11.3 Å².